The maximum Gasteiger partial charge on any atom is 0.266 e. The fourth-order valence-electron chi connectivity index (χ4n) is 1.12. The smallest absolute Gasteiger partial charge is 0.266 e. The monoisotopic (exact) mass is 215 g/mol. The van der Waals surface area contributed by atoms with Crippen molar-refractivity contribution in [1.29, 1.82) is 0 Å². The predicted octanol–water partition coefficient (Wildman–Crippen LogP) is -1.06. The Hall–Kier alpha value is -1.44. The van der Waals surface area contributed by atoms with Crippen LogP contribution in [0.25, 0.3) is 0 Å². The summed E-state index contributed by atoms with van der Waals surface area (Å²) in [6.07, 6.45) is 0. The number of benzene rings is 1. The highest BCUT2D eigenvalue weighted by atomic mass is 32.2. The molecule has 0 saturated heterocycles. The molecule has 1 amide bonds. The van der Waals surface area contributed by atoms with E-state index in [1.165, 1.54) is 12.1 Å². The topological polar surface area (TPSA) is 115 Å². The van der Waals surface area contributed by atoms with Crippen LogP contribution in [0, 0.1) is 0 Å². The van der Waals surface area contributed by atoms with Gasteiger partial charge in [0, 0.05) is 0 Å². The molecule has 1 aromatic carbocycles. The molecule has 0 atom stereocenters. The van der Waals surface area contributed by atoms with Gasteiger partial charge in [0.2, 0.25) is 0 Å². The van der Waals surface area contributed by atoms with Crippen LogP contribution in [0.2, 0.25) is 0 Å². The van der Waals surface area contributed by atoms with Crippen LogP contribution in [-0.2, 0) is 10.0 Å². The van der Waals surface area contributed by atoms with E-state index >= 15 is 0 Å². The average Bonchev–Trinajstić information content (AvgIpc) is 2.42. The Balaban J connectivity index is 0.000000461. The van der Waals surface area contributed by atoms with E-state index in [2.05, 4.69) is 11.7 Å². The summed E-state index contributed by atoms with van der Waals surface area (Å²) in [4.78, 5) is 11.1. The lowest BCUT2D eigenvalue weighted by Crippen LogP contribution is -2.20. The number of fused-ring (bicyclic) bond motifs is 1. The maximum atomic E-state index is 11.1. The second-order valence-electron chi connectivity index (χ2n) is 2.43. The van der Waals surface area contributed by atoms with E-state index in [0.29, 0.717) is 0 Å². The quantitative estimate of drug-likeness (QED) is 0.377. The molecule has 1 aromatic rings. The average molecular weight is 215 g/mol. The van der Waals surface area contributed by atoms with Gasteiger partial charge >= 0.3 is 0 Å². The molecule has 5 N–H and O–H groups in total. The highest BCUT2D eigenvalue weighted by molar-refractivity contribution is 7.90. The van der Waals surface area contributed by atoms with Crippen LogP contribution < -0.4 is 16.4 Å². The SMILES string of the molecule is NN.O=C1NS(=O)(=O)c2ccccc21. The standard InChI is InChI=1S/C7H5NO3S.H4N2/c9-7-5-3-1-2-4-6(5)12(10,11)8-7;1-2/h1-4H,(H,8,9);1-2H2. The number of nitrogens with two attached hydrogens (primary N) is 2. The van der Waals surface area contributed by atoms with Crippen molar-refractivity contribution in [2.75, 3.05) is 0 Å². The lowest BCUT2D eigenvalue weighted by Gasteiger charge is -1.91. The van der Waals surface area contributed by atoms with Crippen molar-refractivity contribution in [3.05, 3.63) is 29.8 Å². The van der Waals surface area contributed by atoms with Gasteiger partial charge < -0.3 is 0 Å². The Morgan fingerprint density at radius 2 is 1.71 bits per heavy atom. The minimum atomic E-state index is -3.55. The molecule has 76 valence electrons. The zero-order chi connectivity index (χ0) is 10.8. The van der Waals surface area contributed by atoms with Gasteiger partial charge in [0.25, 0.3) is 15.9 Å². The van der Waals surface area contributed by atoms with Gasteiger partial charge in [-0.05, 0) is 12.1 Å². The number of amides is 1. The first-order valence-electron chi connectivity index (χ1n) is 3.61. The molecule has 0 radical (unpaired) electrons. The number of hydrazine groups is 1. The Kier molecular flexibility index (Phi) is 2.84. The van der Waals surface area contributed by atoms with Gasteiger partial charge in [-0.3, -0.25) is 16.5 Å². The van der Waals surface area contributed by atoms with Crippen LogP contribution in [-0.4, -0.2) is 14.3 Å². The summed E-state index contributed by atoms with van der Waals surface area (Å²) in [7, 11) is -3.55. The maximum absolute atomic E-state index is 11.1. The molecule has 0 saturated carbocycles. The molecule has 14 heavy (non-hydrogen) atoms. The minimum absolute atomic E-state index is 0.0648. The second-order valence-corrected chi connectivity index (χ2v) is 4.08. The summed E-state index contributed by atoms with van der Waals surface area (Å²) < 4.78 is 24.2. The molecule has 1 aliphatic rings. The van der Waals surface area contributed by atoms with Crippen molar-refractivity contribution < 1.29 is 13.2 Å². The normalized spacial score (nSPS) is 16.3. The first-order chi connectivity index (χ1) is 6.61. The minimum Gasteiger partial charge on any atom is -0.274 e. The fraction of sp³-hybridized carbons (Fsp3) is 0. The van der Waals surface area contributed by atoms with E-state index in [9.17, 15) is 13.2 Å². The number of hydrogen-bond donors (Lipinski definition) is 3. The van der Waals surface area contributed by atoms with Gasteiger partial charge in [0.1, 0.15) is 4.90 Å². The van der Waals surface area contributed by atoms with Crippen LogP contribution >= 0.6 is 0 Å². The predicted molar refractivity (Wildman–Crippen MR) is 49.5 cm³/mol. The van der Waals surface area contributed by atoms with Gasteiger partial charge in [-0.1, -0.05) is 12.1 Å². The van der Waals surface area contributed by atoms with Gasteiger partial charge in [-0.25, -0.2) is 13.1 Å². The molecular weight excluding hydrogens is 206 g/mol. The van der Waals surface area contributed by atoms with E-state index in [-0.39, 0.29) is 10.5 Å². The van der Waals surface area contributed by atoms with E-state index in [4.69, 9.17) is 0 Å². The summed E-state index contributed by atoms with van der Waals surface area (Å²) in [5, 5.41) is 0. The van der Waals surface area contributed by atoms with E-state index < -0.39 is 15.9 Å². The molecular formula is C7H9N3O3S. The molecule has 2 rings (SSSR count). The lowest BCUT2D eigenvalue weighted by molar-refractivity contribution is 0.0985. The van der Waals surface area contributed by atoms with E-state index in [0.717, 1.165) is 0 Å². The third kappa shape index (κ3) is 1.60. The first-order valence-corrected chi connectivity index (χ1v) is 5.09. The molecule has 1 aliphatic heterocycles. The highest BCUT2D eigenvalue weighted by Crippen LogP contribution is 2.20. The summed E-state index contributed by atoms with van der Waals surface area (Å²) in [6.45, 7) is 0. The molecule has 0 spiro atoms. The van der Waals surface area contributed by atoms with Crippen LogP contribution in [0.15, 0.2) is 29.2 Å². The van der Waals surface area contributed by atoms with Crippen molar-refractivity contribution in [2.24, 2.45) is 11.7 Å². The molecule has 1 heterocycles. The first kappa shape index (κ1) is 10.6. The number of hydrogen-bond acceptors (Lipinski definition) is 5. The van der Waals surface area contributed by atoms with Gasteiger partial charge in [-0.15, -0.1) is 0 Å². The molecule has 0 fully saturated rings. The van der Waals surface area contributed by atoms with Gasteiger partial charge in [-0.2, -0.15) is 0 Å². The number of carbonyl (C=O) groups excluding carboxylic acids is 1. The third-order valence-electron chi connectivity index (χ3n) is 1.65. The van der Waals surface area contributed by atoms with Gasteiger partial charge in [0.15, 0.2) is 0 Å². The van der Waals surface area contributed by atoms with Gasteiger partial charge in [0.05, 0.1) is 5.56 Å². The zero-order valence-corrected chi connectivity index (χ0v) is 7.91. The Morgan fingerprint density at radius 1 is 1.14 bits per heavy atom. The molecule has 0 bridgehead atoms. The zero-order valence-electron chi connectivity index (χ0n) is 7.10. The van der Waals surface area contributed by atoms with Crippen molar-refractivity contribution in [3.8, 4) is 0 Å². The van der Waals surface area contributed by atoms with Crippen LogP contribution in [0.3, 0.4) is 0 Å². The van der Waals surface area contributed by atoms with Crippen molar-refractivity contribution in [3.63, 3.8) is 0 Å². The molecule has 0 aliphatic carbocycles. The van der Waals surface area contributed by atoms with Crippen molar-refractivity contribution >= 4 is 15.9 Å². The third-order valence-corrected chi connectivity index (χ3v) is 3.04. The molecule has 6 nitrogen and oxygen atoms in total. The molecule has 0 aromatic heterocycles. The lowest BCUT2D eigenvalue weighted by atomic mass is 10.2. The fourth-order valence-corrected chi connectivity index (χ4v) is 2.29. The molecule has 7 heteroatoms. The summed E-state index contributed by atoms with van der Waals surface area (Å²) in [6, 6.07) is 6.09. The van der Waals surface area contributed by atoms with E-state index in [1.807, 2.05) is 4.72 Å². The van der Waals surface area contributed by atoms with E-state index in [1.54, 1.807) is 12.1 Å². The second kappa shape index (κ2) is 3.74. The number of sulfonamides is 1. The molecule has 0 unspecified atom stereocenters. The number of nitrogens with one attached hydrogen (secondary N) is 1. The largest absolute Gasteiger partial charge is 0.274 e. The summed E-state index contributed by atoms with van der Waals surface area (Å²) >= 11 is 0. The Bertz CT molecular complexity index is 455. The number of rotatable bonds is 0. The summed E-state index contributed by atoms with van der Waals surface area (Å²) in [5.41, 5.74) is 0.220. The summed E-state index contributed by atoms with van der Waals surface area (Å²) in [5.74, 6) is 7.45. The Morgan fingerprint density at radius 3 is 2.29 bits per heavy atom. The Labute approximate surface area is 80.9 Å². The van der Waals surface area contributed by atoms with Crippen molar-refractivity contribution in [1.82, 2.24) is 4.72 Å². The van der Waals surface area contributed by atoms with Crippen LogP contribution in [0.4, 0.5) is 0 Å². The highest BCUT2D eigenvalue weighted by Gasteiger charge is 2.31. The van der Waals surface area contributed by atoms with Crippen LogP contribution in [0.1, 0.15) is 10.4 Å². The number of carbonyl (C=O) groups is 1. The van der Waals surface area contributed by atoms with Crippen molar-refractivity contribution in [2.45, 2.75) is 4.90 Å². The van der Waals surface area contributed by atoms with Crippen LogP contribution in [0.5, 0.6) is 0 Å².